The van der Waals surface area contributed by atoms with Crippen molar-refractivity contribution in [3.05, 3.63) is 0 Å². The van der Waals surface area contributed by atoms with E-state index in [0.29, 0.717) is 6.42 Å². The fraction of sp³-hybridized carbons (Fsp3) is 0.900. The van der Waals surface area contributed by atoms with E-state index in [0.717, 1.165) is 57.8 Å². The molecule has 0 aliphatic carbocycles. The summed E-state index contributed by atoms with van der Waals surface area (Å²) in [4.78, 5) is 25.1. The second kappa shape index (κ2) is 13.4. The Labute approximate surface area is 156 Å². The van der Waals surface area contributed by atoms with Gasteiger partial charge in [-0.05, 0) is 32.5 Å². The molecular formula is C20H40O4Si. The summed E-state index contributed by atoms with van der Waals surface area (Å²) in [6.07, 6.45) is 10.2. The van der Waals surface area contributed by atoms with Gasteiger partial charge in [-0.3, -0.25) is 9.59 Å². The van der Waals surface area contributed by atoms with Crippen LogP contribution in [0.3, 0.4) is 0 Å². The summed E-state index contributed by atoms with van der Waals surface area (Å²) in [5.74, 6) is -1.18. The zero-order valence-corrected chi connectivity index (χ0v) is 18.4. The first-order valence-electron chi connectivity index (χ1n) is 10.1. The van der Waals surface area contributed by atoms with Crippen molar-refractivity contribution in [2.24, 2.45) is 11.8 Å². The molecule has 0 saturated carbocycles. The number of methoxy groups -OCH3 is 1. The second-order valence-electron chi connectivity index (χ2n) is 7.97. The number of carbonyl (C=O) groups excluding carboxylic acids is 2. The molecule has 5 heteroatoms. The van der Waals surface area contributed by atoms with E-state index in [1.165, 1.54) is 7.11 Å². The molecule has 2 unspecified atom stereocenters. The van der Waals surface area contributed by atoms with Crippen LogP contribution in [0.2, 0.25) is 19.6 Å². The fourth-order valence-electron chi connectivity index (χ4n) is 3.08. The Hall–Kier alpha value is -0.843. The van der Waals surface area contributed by atoms with E-state index < -0.39 is 8.32 Å². The van der Waals surface area contributed by atoms with Crippen molar-refractivity contribution in [1.29, 1.82) is 0 Å². The van der Waals surface area contributed by atoms with E-state index >= 15 is 0 Å². The Kier molecular flexibility index (Phi) is 12.9. The highest BCUT2D eigenvalue weighted by atomic mass is 28.4. The standard InChI is InChI=1S/C20H40O4Si/c1-7-9-11-13-15-17(19(21)23-3)18(16-14-12-10-8-2)20(22)24-25(4,5)6/h17-18H,7-16H2,1-6H3. The van der Waals surface area contributed by atoms with Crippen molar-refractivity contribution in [1.82, 2.24) is 0 Å². The minimum Gasteiger partial charge on any atom is -0.520 e. The topological polar surface area (TPSA) is 52.6 Å². The van der Waals surface area contributed by atoms with E-state index in [4.69, 9.17) is 9.16 Å². The molecule has 148 valence electrons. The van der Waals surface area contributed by atoms with E-state index in [9.17, 15) is 9.59 Å². The number of rotatable bonds is 14. The highest BCUT2D eigenvalue weighted by Crippen LogP contribution is 2.28. The molecule has 0 aromatic carbocycles. The lowest BCUT2D eigenvalue weighted by Crippen LogP contribution is -2.38. The molecule has 2 atom stereocenters. The van der Waals surface area contributed by atoms with Crippen LogP contribution in [0, 0.1) is 11.8 Å². The first kappa shape index (κ1) is 24.2. The fourth-order valence-corrected chi connectivity index (χ4v) is 3.83. The summed E-state index contributed by atoms with van der Waals surface area (Å²) in [5.41, 5.74) is 0. The molecule has 0 heterocycles. The average molecular weight is 373 g/mol. The van der Waals surface area contributed by atoms with E-state index in [2.05, 4.69) is 13.8 Å². The molecule has 0 amide bonds. The van der Waals surface area contributed by atoms with Crippen LogP contribution in [0.5, 0.6) is 0 Å². The van der Waals surface area contributed by atoms with Gasteiger partial charge in [0.15, 0.2) is 0 Å². The summed E-state index contributed by atoms with van der Waals surface area (Å²) < 4.78 is 10.8. The summed E-state index contributed by atoms with van der Waals surface area (Å²) in [6.45, 7) is 10.4. The lowest BCUT2D eigenvalue weighted by Gasteiger charge is -2.27. The number of hydrogen-bond acceptors (Lipinski definition) is 4. The molecule has 0 fully saturated rings. The number of ether oxygens (including phenoxy) is 1. The van der Waals surface area contributed by atoms with Crippen LogP contribution in [0.4, 0.5) is 0 Å². The Bertz CT molecular complexity index is 376. The van der Waals surface area contributed by atoms with Crippen molar-refractivity contribution < 1.29 is 18.8 Å². The third-order valence-corrected chi connectivity index (χ3v) is 5.25. The molecule has 0 saturated heterocycles. The SMILES string of the molecule is CCCCCCC(C(=O)OC)C(CCCCCC)C(=O)O[Si](C)(C)C. The zero-order chi connectivity index (χ0) is 19.3. The van der Waals surface area contributed by atoms with Crippen molar-refractivity contribution in [3.8, 4) is 0 Å². The second-order valence-corrected chi connectivity index (χ2v) is 12.4. The molecule has 25 heavy (non-hydrogen) atoms. The van der Waals surface area contributed by atoms with Gasteiger partial charge in [-0.15, -0.1) is 0 Å². The first-order valence-corrected chi connectivity index (χ1v) is 13.5. The monoisotopic (exact) mass is 372 g/mol. The minimum atomic E-state index is -1.97. The molecule has 0 aromatic rings. The summed E-state index contributed by atoms with van der Waals surface area (Å²) in [6, 6.07) is 0. The van der Waals surface area contributed by atoms with Crippen molar-refractivity contribution in [2.75, 3.05) is 7.11 Å². The number of unbranched alkanes of at least 4 members (excludes halogenated alkanes) is 6. The van der Waals surface area contributed by atoms with E-state index in [1.807, 2.05) is 19.6 Å². The number of carbonyl (C=O) groups is 2. The molecule has 0 aromatic heterocycles. The third kappa shape index (κ3) is 11.4. The molecule has 0 bridgehead atoms. The lowest BCUT2D eigenvalue weighted by atomic mass is 9.84. The predicted molar refractivity (Wildman–Crippen MR) is 106 cm³/mol. The van der Waals surface area contributed by atoms with Crippen molar-refractivity contribution in [2.45, 2.75) is 97.7 Å². The normalized spacial score (nSPS) is 14.0. The molecule has 0 rings (SSSR count). The Morgan fingerprint density at radius 2 is 1.20 bits per heavy atom. The van der Waals surface area contributed by atoms with Crippen molar-refractivity contribution in [3.63, 3.8) is 0 Å². The molecule has 0 aliphatic rings. The Morgan fingerprint density at radius 3 is 1.56 bits per heavy atom. The van der Waals surface area contributed by atoms with Crippen LogP contribution in [0.1, 0.15) is 78.1 Å². The number of esters is 1. The van der Waals surface area contributed by atoms with Gasteiger partial charge in [0, 0.05) is 0 Å². The maximum atomic E-state index is 12.8. The van der Waals surface area contributed by atoms with E-state index in [1.54, 1.807) is 0 Å². The average Bonchev–Trinajstić information content (AvgIpc) is 2.53. The first-order chi connectivity index (χ1) is 11.8. The molecular weight excluding hydrogens is 332 g/mol. The summed E-state index contributed by atoms with van der Waals surface area (Å²) in [7, 11) is -0.558. The van der Waals surface area contributed by atoms with Gasteiger partial charge in [-0.25, -0.2) is 0 Å². The van der Waals surface area contributed by atoms with Gasteiger partial charge in [-0.1, -0.05) is 65.2 Å². The minimum absolute atomic E-state index is 0.193. The van der Waals surface area contributed by atoms with Crippen LogP contribution in [-0.2, 0) is 18.8 Å². The van der Waals surface area contributed by atoms with Gasteiger partial charge < -0.3 is 9.16 Å². The van der Waals surface area contributed by atoms with Gasteiger partial charge in [-0.2, -0.15) is 0 Å². The van der Waals surface area contributed by atoms with Crippen LogP contribution >= 0.6 is 0 Å². The van der Waals surface area contributed by atoms with Gasteiger partial charge >= 0.3 is 5.97 Å². The van der Waals surface area contributed by atoms with Gasteiger partial charge in [0.2, 0.25) is 8.32 Å². The molecule has 0 aliphatic heterocycles. The van der Waals surface area contributed by atoms with Crippen molar-refractivity contribution >= 4 is 20.3 Å². The zero-order valence-electron chi connectivity index (χ0n) is 17.4. The Balaban J connectivity index is 5.07. The van der Waals surface area contributed by atoms with Crippen LogP contribution in [0.15, 0.2) is 0 Å². The third-order valence-electron chi connectivity index (χ3n) is 4.44. The van der Waals surface area contributed by atoms with Crippen LogP contribution < -0.4 is 0 Å². The predicted octanol–water partition coefficient (Wildman–Crippen LogP) is 5.71. The summed E-state index contributed by atoms with van der Waals surface area (Å²) >= 11 is 0. The molecule has 0 radical (unpaired) electrons. The van der Waals surface area contributed by atoms with Gasteiger partial charge in [0.1, 0.15) is 0 Å². The Morgan fingerprint density at radius 1 is 0.760 bits per heavy atom. The molecule has 4 nitrogen and oxygen atoms in total. The van der Waals surface area contributed by atoms with E-state index in [-0.39, 0.29) is 23.8 Å². The lowest BCUT2D eigenvalue weighted by molar-refractivity contribution is -0.155. The maximum Gasteiger partial charge on any atom is 0.309 e. The smallest absolute Gasteiger partial charge is 0.309 e. The highest BCUT2D eigenvalue weighted by molar-refractivity contribution is 6.71. The quantitative estimate of drug-likeness (QED) is 0.223. The van der Waals surface area contributed by atoms with Gasteiger partial charge in [0.25, 0.3) is 5.97 Å². The maximum absolute atomic E-state index is 12.8. The molecule has 0 spiro atoms. The highest BCUT2D eigenvalue weighted by Gasteiger charge is 2.36. The number of hydrogen-bond donors (Lipinski definition) is 0. The molecule has 0 N–H and O–H groups in total. The largest absolute Gasteiger partial charge is 0.520 e. The summed E-state index contributed by atoms with van der Waals surface area (Å²) in [5, 5.41) is 0. The van der Waals surface area contributed by atoms with Crippen LogP contribution in [-0.4, -0.2) is 27.4 Å². The van der Waals surface area contributed by atoms with Gasteiger partial charge in [0.05, 0.1) is 18.9 Å². The van der Waals surface area contributed by atoms with Crippen LogP contribution in [0.25, 0.3) is 0 Å².